The lowest BCUT2D eigenvalue weighted by Gasteiger charge is -2.19. The summed E-state index contributed by atoms with van der Waals surface area (Å²) in [6.45, 7) is 0. The number of nitrogens with zero attached hydrogens (tertiary/aromatic N) is 1. The largest absolute Gasteiger partial charge is 0.364 e. The van der Waals surface area contributed by atoms with Gasteiger partial charge in [0.1, 0.15) is 6.04 Å². The number of aryl methyl sites for hydroxylation is 1. The monoisotopic (exact) mass is 354 g/mol. The van der Waals surface area contributed by atoms with E-state index in [0.717, 1.165) is 25.1 Å². The quantitative estimate of drug-likeness (QED) is 0.526. The highest BCUT2D eigenvalue weighted by Crippen LogP contribution is 2.36. The molecule has 0 aliphatic carbocycles. The van der Waals surface area contributed by atoms with Gasteiger partial charge in [0.2, 0.25) is 0 Å². The minimum absolute atomic E-state index is 0.151. The van der Waals surface area contributed by atoms with E-state index in [1.807, 2.05) is 0 Å². The van der Waals surface area contributed by atoms with Crippen LogP contribution in [0, 0.1) is 0 Å². The van der Waals surface area contributed by atoms with Gasteiger partial charge in [-0.25, -0.2) is 0 Å². The van der Waals surface area contributed by atoms with Crippen molar-refractivity contribution in [2.45, 2.75) is 37.8 Å². The first kappa shape index (κ1) is 17.5. The van der Waals surface area contributed by atoms with Gasteiger partial charge in [0.05, 0.1) is 11.9 Å². The van der Waals surface area contributed by atoms with Gasteiger partial charge in [-0.05, 0) is 36.0 Å². The van der Waals surface area contributed by atoms with Crippen molar-refractivity contribution in [1.29, 1.82) is 0 Å². The van der Waals surface area contributed by atoms with E-state index in [1.165, 1.54) is 23.1 Å². The molecule has 1 aliphatic rings. The van der Waals surface area contributed by atoms with E-state index in [4.69, 9.17) is 4.99 Å². The summed E-state index contributed by atoms with van der Waals surface area (Å²) in [5.74, 6) is 1.14. The van der Waals surface area contributed by atoms with Crippen LogP contribution in [0.25, 0.3) is 0 Å². The normalized spacial score (nSPS) is 18.7. The van der Waals surface area contributed by atoms with E-state index in [0.29, 0.717) is 0 Å². The predicted octanol–water partition coefficient (Wildman–Crippen LogP) is 5.88. The Hall–Kier alpha value is -2.87. The van der Waals surface area contributed by atoms with E-state index >= 15 is 0 Å². The molecule has 0 saturated carbocycles. The maximum Gasteiger partial charge on any atom is 0.101 e. The van der Waals surface area contributed by atoms with Gasteiger partial charge in [-0.2, -0.15) is 0 Å². The number of amidine groups is 1. The molecule has 2 heteroatoms. The number of aliphatic imine (C=N–C) groups is 1. The first-order valence-electron chi connectivity index (χ1n) is 9.87. The van der Waals surface area contributed by atoms with Gasteiger partial charge in [0.25, 0.3) is 0 Å². The van der Waals surface area contributed by atoms with Crippen LogP contribution >= 0.6 is 0 Å². The SMILES string of the molecule is c1ccc(CCCCC2=NC(c3ccccc3)C(c3ccccc3)N2)cc1. The predicted molar refractivity (Wildman–Crippen MR) is 113 cm³/mol. The number of benzene rings is 3. The lowest BCUT2D eigenvalue weighted by Crippen LogP contribution is -2.24. The van der Waals surface area contributed by atoms with Crippen LogP contribution in [0.4, 0.5) is 0 Å². The maximum absolute atomic E-state index is 5.07. The molecule has 2 atom stereocenters. The van der Waals surface area contributed by atoms with Crippen LogP contribution in [0.3, 0.4) is 0 Å². The van der Waals surface area contributed by atoms with Gasteiger partial charge in [-0.15, -0.1) is 0 Å². The molecule has 0 bridgehead atoms. The summed E-state index contributed by atoms with van der Waals surface area (Å²) in [6.07, 6.45) is 4.50. The molecule has 3 aromatic rings. The van der Waals surface area contributed by atoms with Gasteiger partial charge in [-0.3, -0.25) is 4.99 Å². The second-order valence-electron chi connectivity index (χ2n) is 7.16. The highest BCUT2D eigenvalue weighted by atomic mass is 15.1. The fourth-order valence-corrected chi connectivity index (χ4v) is 3.78. The Labute approximate surface area is 162 Å². The second-order valence-corrected chi connectivity index (χ2v) is 7.16. The summed E-state index contributed by atoms with van der Waals surface area (Å²) < 4.78 is 0. The Bertz CT molecular complexity index is 857. The molecular weight excluding hydrogens is 328 g/mol. The highest BCUT2D eigenvalue weighted by molar-refractivity contribution is 5.85. The third-order valence-corrected chi connectivity index (χ3v) is 5.20. The molecule has 4 rings (SSSR count). The van der Waals surface area contributed by atoms with Gasteiger partial charge in [0, 0.05) is 6.42 Å². The number of hydrogen-bond donors (Lipinski definition) is 1. The first-order chi connectivity index (χ1) is 13.4. The average Bonchev–Trinajstić information content (AvgIpc) is 3.18. The number of nitrogens with one attached hydrogen (secondary N) is 1. The fourth-order valence-electron chi connectivity index (χ4n) is 3.78. The second kappa shape index (κ2) is 8.68. The van der Waals surface area contributed by atoms with E-state index in [2.05, 4.69) is 96.3 Å². The molecule has 27 heavy (non-hydrogen) atoms. The van der Waals surface area contributed by atoms with E-state index in [1.54, 1.807) is 0 Å². The molecule has 0 saturated heterocycles. The molecule has 3 aromatic carbocycles. The zero-order chi connectivity index (χ0) is 18.3. The third kappa shape index (κ3) is 4.46. The van der Waals surface area contributed by atoms with Crippen molar-refractivity contribution in [1.82, 2.24) is 5.32 Å². The summed E-state index contributed by atoms with van der Waals surface area (Å²) in [6, 6.07) is 32.4. The molecule has 0 radical (unpaired) electrons. The summed E-state index contributed by atoms with van der Waals surface area (Å²) in [7, 11) is 0. The van der Waals surface area contributed by atoms with Crippen LogP contribution in [0.15, 0.2) is 96.0 Å². The molecule has 0 spiro atoms. The van der Waals surface area contributed by atoms with Gasteiger partial charge < -0.3 is 5.32 Å². The summed E-state index contributed by atoms with van der Waals surface area (Å²) in [5.41, 5.74) is 4.00. The molecule has 136 valence electrons. The van der Waals surface area contributed by atoms with Crippen molar-refractivity contribution in [2.75, 3.05) is 0 Å². The van der Waals surface area contributed by atoms with E-state index in [9.17, 15) is 0 Å². The smallest absolute Gasteiger partial charge is 0.101 e. The molecule has 1 aliphatic heterocycles. The van der Waals surface area contributed by atoms with Crippen molar-refractivity contribution >= 4 is 5.84 Å². The Morgan fingerprint density at radius 2 is 1.19 bits per heavy atom. The van der Waals surface area contributed by atoms with Crippen LogP contribution in [0.2, 0.25) is 0 Å². The van der Waals surface area contributed by atoms with Crippen molar-refractivity contribution in [3.63, 3.8) is 0 Å². The Morgan fingerprint density at radius 3 is 1.85 bits per heavy atom. The van der Waals surface area contributed by atoms with Gasteiger partial charge in [-0.1, -0.05) is 91.0 Å². The molecule has 2 unspecified atom stereocenters. The average molecular weight is 354 g/mol. The van der Waals surface area contributed by atoms with Crippen LogP contribution < -0.4 is 5.32 Å². The molecule has 0 amide bonds. The molecule has 2 nitrogen and oxygen atoms in total. The molecule has 0 fully saturated rings. The summed E-state index contributed by atoms with van der Waals surface area (Å²) >= 11 is 0. The van der Waals surface area contributed by atoms with Crippen molar-refractivity contribution < 1.29 is 0 Å². The van der Waals surface area contributed by atoms with Gasteiger partial charge in [0.15, 0.2) is 0 Å². The summed E-state index contributed by atoms with van der Waals surface area (Å²) in [4.78, 5) is 5.07. The lowest BCUT2D eigenvalue weighted by molar-refractivity contribution is 0.571. The summed E-state index contributed by atoms with van der Waals surface area (Å²) in [5, 5.41) is 3.70. The topological polar surface area (TPSA) is 24.4 Å². The molecular formula is C25H26N2. The molecule has 1 N–H and O–H groups in total. The van der Waals surface area contributed by atoms with E-state index in [-0.39, 0.29) is 12.1 Å². The Morgan fingerprint density at radius 1 is 0.630 bits per heavy atom. The minimum Gasteiger partial charge on any atom is -0.364 e. The minimum atomic E-state index is 0.151. The number of rotatable bonds is 7. The third-order valence-electron chi connectivity index (χ3n) is 5.20. The first-order valence-corrected chi connectivity index (χ1v) is 9.87. The number of hydrogen-bond acceptors (Lipinski definition) is 2. The van der Waals surface area contributed by atoms with Crippen molar-refractivity contribution in [2.24, 2.45) is 4.99 Å². The fraction of sp³-hybridized carbons (Fsp3) is 0.240. The van der Waals surface area contributed by atoms with Crippen LogP contribution in [0.1, 0.15) is 48.0 Å². The van der Waals surface area contributed by atoms with Crippen LogP contribution in [-0.4, -0.2) is 5.84 Å². The standard InChI is InChI=1S/C25H26N2/c1-4-12-20(13-5-1)14-10-11-19-23-26-24(21-15-6-2-7-16-21)25(27-23)22-17-8-3-9-18-22/h1-9,12-13,15-18,24-25H,10-11,14,19H2,(H,26,27). The molecule has 1 heterocycles. The zero-order valence-corrected chi connectivity index (χ0v) is 15.6. The van der Waals surface area contributed by atoms with Gasteiger partial charge >= 0.3 is 0 Å². The lowest BCUT2D eigenvalue weighted by atomic mass is 9.95. The molecule has 0 aromatic heterocycles. The van der Waals surface area contributed by atoms with Crippen molar-refractivity contribution in [3.05, 3.63) is 108 Å². The highest BCUT2D eigenvalue weighted by Gasteiger charge is 2.30. The zero-order valence-electron chi connectivity index (χ0n) is 15.6. The van der Waals surface area contributed by atoms with Crippen molar-refractivity contribution in [3.8, 4) is 0 Å². The van der Waals surface area contributed by atoms with E-state index < -0.39 is 0 Å². The Kier molecular flexibility index (Phi) is 5.64. The number of unbranched alkanes of at least 4 members (excludes halogenated alkanes) is 1. The van der Waals surface area contributed by atoms with Crippen LogP contribution in [-0.2, 0) is 6.42 Å². The van der Waals surface area contributed by atoms with Crippen LogP contribution in [0.5, 0.6) is 0 Å². The maximum atomic E-state index is 5.07. The Balaban J connectivity index is 1.42.